The first-order valence-electron chi connectivity index (χ1n) is 9.30. The maximum Gasteiger partial charge on any atom is 0.295 e. The highest BCUT2D eigenvalue weighted by Crippen LogP contribution is 2.41. The number of ketones is 1. The molecule has 1 fully saturated rings. The predicted molar refractivity (Wildman–Crippen MR) is 112 cm³/mol. The van der Waals surface area contributed by atoms with Gasteiger partial charge >= 0.3 is 0 Å². The topological polar surface area (TPSA) is 57.6 Å². The fraction of sp³-hybridized carbons (Fsp3) is 0.0833. The van der Waals surface area contributed by atoms with Crippen LogP contribution in [0.3, 0.4) is 0 Å². The lowest BCUT2D eigenvalue weighted by atomic mass is 9.95. The van der Waals surface area contributed by atoms with E-state index in [0.29, 0.717) is 10.6 Å². The summed E-state index contributed by atoms with van der Waals surface area (Å²) in [6.07, 6.45) is 0. The molecule has 0 unspecified atom stereocenters. The Hall–Kier alpha value is -3.44. The third-order valence-corrected chi connectivity index (χ3v) is 5.31. The first-order chi connectivity index (χ1) is 14.5. The van der Waals surface area contributed by atoms with Gasteiger partial charge in [0, 0.05) is 22.7 Å². The van der Waals surface area contributed by atoms with E-state index < -0.39 is 23.5 Å². The minimum Gasteiger partial charge on any atom is -0.507 e. The molecule has 30 heavy (non-hydrogen) atoms. The Morgan fingerprint density at radius 2 is 1.57 bits per heavy atom. The van der Waals surface area contributed by atoms with Gasteiger partial charge < -0.3 is 10.0 Å². The van der Waals surface area contributed by atoms with Gasteiger partial charge in [0.1, 0.15) is 11.6 Å². The van der Waals surface area contributed by atoms with E-state index in [1.54, 1.807) is 30.3 Å². The molecule has 0 aliphatic carbocycles. The number of aliphatic hydroxyl groups excluding tert-OH is 1. The van der Waals surface area contributed by atoms with Gasteiger partial charge in [-0.2, -0.15) is 0 Å². The van der Waals surface area contributed by atoms with Crippen LogP contribution in [0.2, 0.25) is 5.02 Å². The molecule has 1 atom stereocenters. The second kappa shape index (κ2) is 8.13. The third-order valence-electron chi connectivity index (χ3n) is 5.05. The number of benzene rings is 3. The summed E-state index contributed by atoms with van der Waals surface area (Å²) in [5.41, 5.74) is 1.09. The number of carbonyl (C=O) groups excluding carboxylic acids is 2. The number of carbonyl (C=O) groups is 2. The fourth-order valence-corrected chi connectivity index (χ4v) is 3.73. The van der Waals surface area contributed by atoms with Crippen molar-refractivity contribution >= 4 is 29.1 Å². The Balaban J connectivity index is 1.88. The van der Waals surface area contributed by atoms with Crippen LogP contribution in [-0.4, -0.2) is 21.7 Å². The maximum atomic E-state index is 14.7. The van der Waals surface area contributed by atoms with Gasteiger partial charge in [0.05, 0.1) is 11.6 Å². The average Bonchev–Trinajstić information content (AvgIpc) is 3.00. The van der Waals surface area contributed by atoms with Crippen molar-refractivity contribution in [2.75, 3.05) is 0 Å². The molecule has 1 aliphatic rings. The molecule has 6 heteroatoms. The van der Waals surface area contributed by atoms with Crippen LogP contribution >= 0.6 is 11.6 Å². The monoisotopic (exact) mass is 421 g/mol. The molecule has 0 radical (unpaired) electrons. The van der Waals surface area contributed by atoms with Crippen molar-refractivity contribution in [3.63, 3.8) is 0 Å². The van der Waals surface area contributed by atoms with Crippen LogP contribution in [0.1, 0.15) is 22.7 Å². The smallest absolute Gasteiger partial charge is 0.295 e. The zero-order valence-corrected chi connectivity index (χ0v) is 16.5. The minimum absolute atomic E-state index is 0.0990. The fourth-order valence-electron chi connectivity index (χ4n) is 3.61. The summed E-state index contributed by atoms with van der Waals surface area (Å²) < 4.78 is 14.7. The van der Waals surface area contributed by atoms with Crippen molar-refractivity contribution in [3.05, 3.63) is 112 Å². The number of nitrogens with zero attached hydrogens (tertiary/aromatic N) is 1. The van der Waals surface area contributed by atoms with E-state index in [4.69, 9.17) is 11.6 Å². The molecule has 1 heterocycles. The third kappa shape index (κ3) is 3.60. The number of rotatable bonds is 4. The minimum atomic E-state index is -1.05. The first-order valence-corrected chi connectivity index (χ1v) is 9.68. The van der Waals surface area contributed by atoms with Crippen LogP contribution in [0.4, 0.5) is 4.39 Å². The quantitative estimate of drug-likeness (QED) is 0.362. The Labute approximate surface area is 177 Å². The summed E-state index contributed by atoms with van der Waals surface area (Å²) in [7, 11) is 0. The highest BCUT2D eigenvalue weighted by atomic mass is 35.5. The number of Topliss-reactive ketones (excluding diaryl/α,β-unsaturated/α-hetero) is 1. The van der Waals surface area contributed by atoms with Gasteiger partial charge in [-0.1, -0.05) is 60.1 Å². The molecule has 4 nitrogen and oxygen atoms in total. The Kier molecular flexibility index (Phi) is 5.38. The molecule has 0 bridgehead atoms. The van der Waals surface area contributed by atoms with Gasteiger partial charge in [-0.25, -0.2) is 4.39 Å². The lowest BCUT2D eigenvalue weighted by Crippen LogP contribution is -2.29. The lowest BCUT2D eigenvalue weighted by molar-refractivity contribution is -0.140. The zero-order valence-electron chi connectivity index (χ0n) is 15.8. The van der Waals surface area contributed by atoms with Crippen LogP contribution in [0, 0.1) is 5.82 Å². The van der Waals surface area contributed by atoms with Crippen LogP contribution in [-0.2, 0) is 16.1 Å². The number of hydrogen-bond acceptors (Lipinski definition) is 3. The van der Waals surface area contributed by atoms with Crippen molar-refractivity contribution in [2.45, 2.75) is 12.6 Å². The average molecular weight is 422 g/mol. The number of likely N-dealkylation sites (tertiary alicyclic amines) is 1. The first kappa shape index (κ1) is 19.9. The van der Waals surface area contributed by atoms with Gasteiger partial charge in [0.15, 0.2) is 0 Å². The molecule has 0 aromatic heterocycles. The molecule has 1 N–H and O–H groups in total. The number of amides is 1. The Bertz CT molecular complexity index is 1140. The number of hydrogen-bond donors (Lipinski definition) is 1. The van der Waals surface area contributed by atoms with Gasteiger partial charge in [-0.05, 0) is 35.9 Å². The van der Waals surface area contributed by atoms with Gasteiger partial charge in [0.25, 0.3) is 11.7 Å². The largest absolute Gasteiger partial charge is 0.507 e. The van der Waals surface area contributed by atoms with Crippen molar-refractivity contribution in [1.82, 2.24) is 4.90 Å². The maximum absolute atomic E-state index is 14.7. The highest BCUT2D eigenvalue weighted by molar-refractivity contribution is 6.46. The van der Waals surface area contributed by atoms with E-state index in [2.05, 4.69) is 0 Å². The van der Waals surface area contributed by atoms with Crippen molar-refractivity contribution < 1.29 is 19.1 Å². The van der Waals surface area contributed by atoms with Crippen molar-refractivity contribution in [2.24, 2.45) is 0 Å². The lowest BCUT2D eigenvalue weighted by Gasteiger charge is -2.25. The summed E-state index contributed by atoms with van der Waals surface area (Å²) in [6, 6.07) is 20.2. The second-order valence-corrected chi connectivity index (χ2v) is 7.38. The molecular weight excluding hydrogens is 405 g/mol. The van der Waals surface area contributed by atoms with E-state index in [0.717, 1.165) is 5.56 Å². The zero-order chi connectivity index (χ0) is 21.3. The van der Waals surface area contributed by atoms with Crippen molar-refractivity contribution in [1.29, 1.82) is 0 Å². The highest BCUT2D eigenvalue weighted by Gasteiger charge is 2.46. The molecule has 1 saturated heterocycles. The van der Waals surface area contributed by atoms with E-state index in [-0.39, 0.29) is 23.4 Å². The Morgan fingerprint density at radius 1 is 0.933 bits per heavy atom. The summed E-state index contributed by atoms with van der Waals surface area (Å²) in [6.45, 7) is 0.0990. The molecule has 0 spiro atoms. The van der Waals surface area contributed by atoms with E-state index in [1.165, 1.54) is 23.1 Å². The van der Waals surface area contributed by atoms with Gasteiger partial charge in [-0.15, -0.1) is 0 Å². The SMILES string of the molecule is O=C1C(=O)N(Cc2ccccc2)[C@@H](c2ccccc2F)C1=C(O)c1ccc(Cl)cc1. The summed E-state index contributed by atoms with van der Waals surface area (Å²) in [5, 5.41) is 11.4. The van der Waals surface area contributed by atoms with Crippen LogP contribution in [0.15, 0.2) is 84.4 Å². The van der Waals surface area contributed by atoms with Crippen LogP contribution in [0.5, 0.6) is 0 Å². The molecule has 150 valence electrons. The van der Waals surface area contributed by atoms with Crippen molar-refractivity contribution in [3.8, 4) is 0 Å². The second-order valence-electron chi connectivity index (χ2n) is 6.94. The molecule has 1 aliphatic heterocycles. The van der Waals surface area contributed by atoms with Gasteiger partial charge in [0.2, 0.25) is 0 Å². The number of halogens is 2. The molecule has 1 amide bonds. The standard InChI is InChI=1S/C24H17ClFNO3/c25-17-12-10-16(11-13-17)22(28)20-21(18-8-4-5-9-19(18)26)27(24(30)23(20)29)14-15-6-2-1-3-7-15/h1-13,21,28H,14H2/t21-/m0/s1. The van der Waals surface area contributed by atoms with Crippen LogP contribution in [0.25, 0.3) is 5.76 Å². The van der Waals surface area contributed by atoms with Crippen LogP contribution < -0.4 is 0 Å². The normalized spacial score (nSPS) is 18.1. The molecule has 3 aromatic rings. The molecular formula is C24H17ClFNO3. The molecule has 3 aromatic carbocycles. The van der Waals surface area contributed by atoms with E-state index >= 15 is 0 Å². The van der Waals surface area contributed by atoms with E-state index in [9.17, 15) is 19.1 Å². The summed E-state index contributed by atoms with van der Waals surface area (Å²) >= 11 is 5.91. The van der Waals surface area contributed by atoms with E-state index in [1.807, 2.05) is 30.3 Å². The van der Waals surface area contributed by atoms with Gasteiger partial charge in [-0.3, -0.25) is 9.59 Å². The molecule has 4 rings (SSSR count). The predicted octanol–water partition coefficient (Wildman–Crippen LogP) is 5.10. The summed E-state index contributed by atoms with van der Waals surface area (Å²) in [5.74, 6) is -2.58. The Morgan fingerprint density at radius 3 is 2.23 bits per heavy atom. The number of aliphatic hydroxyl groups is 1. The molecule has 0 saturated carbocycles. The summed E-state index contributed by atoms with van der Waals surface area (Å²) in [4.78, 5) is 27.1.